The number of carbonyl (C=O) groups is 1. The van der Waals surface area contributed by atoms with Crippen molar-refractivity contribution < 1.29 is 19.2 Å². The molecule has 1 saturated heterocycles. The summed E-state index contributed by atoms with van der Waals surface area (Å²) >= 11 is 6.33. The molecule has 10 heteroatoms. The molecule has 148 valence electrons. The molecule has 0 unspecified atom stereocenters. The van der Waals surface area contributed by atoms with Gasteiger partial charge in [0.2, 0.25) is 0 Å². The van der Waals surface area contributed by atoms with Gasteiger partial charge in [0.15, 0.2) is 4.32 Å². The molecule has 29 heavy (non-hydrogen) atoms. The normalized spacial score (nSPS) is 15.4. The molecule has 0 N–H and O–H groups in total. The Morgan fingerprint density at radius 1 is 1.17 bits per heavy atom. The number of methoxy groups -OCH3 is 2. The molecule has 3 rings (SSSR count). The summed E-state index contributed by atoms with van der Waals surface area (Å²) in [6.45, 7) is 0. The second kappa shape index (κ2) is 8.84. The predicted octanol–water partition coefficient (Wildman–Crippen LogP) is 3.85. The number of nitro benzene ring substituents is 1. The van der Waals surface area contributed by atoms with Crippen molar-refractivity contribution in [3.63, 3.8) is 0 Å². The lowest BCUT2D eigenvalue weighted by Crippen LogP contribution is -2.22. The number of ether oxygens (including phenoxy) is 2. The molecule has 0 atom stereocenters. The first-order chi connectivity index (χ1) is 13.9. The van der Waals surface area contributed by atoms with Crippen LogP contribution in [0, 0.1) is 10.1 Å². The zero-order valence-corrected chi connectivity index (χ0v) is 17.0. The van der Waals surface area contributed by atoms with Gasteiger partial charge in [0.1, 0.15) is 11.5 Å². The number of amides is 1. The van der Waals surface area contributed by atoms with Crippen molar-refractivity contribution in [2.75, 3.05) is 14.2 Å². The fourth-order valence-electron chi connectivity index (χ4n) is 2.52. The highest BCUT2D eigenvalue weighted by Crippen LogP contribution is 2.35. The van der Waals surface area contributed by atoms with Gasteiger partial charge in [-0.15, -0.1) is 0 Å². The Kier molecular flexibility index (Phi) is 6.25. The van der Waals surface area contributed by atoms with E-state index in [1.807, 2.05) is 0 Å². The third-order valence-corrected chi connectivity index (χ3v) is 5.23. The molecule has 2 aromatic carbocycles. The maximum Gasteiger partial charge on any atom is 0.286 e. The Bertz CT molecular complexity index is 1050. The molecule has 0 radical (unpaired) electrons. The highest BCUT2D eigenvalue weighted by atomic mass is 32.2. The van der Waals surface area contributed by atoms with Gasteiger partial charge in [-0.1, -0.05) is 23.9 Å². The lowest BCUT2D eigenvalue weighted by atomic mass is 10.1. The third-order valence-electron chi connectivity index (χ3n) is 3.95. The van der Waals surface area contributed by atoms with E-state index in [-0.39, 0.29) is 15.6 Å². The molecular weight excluding hydrogens is 414 g/mol. The van der Waals surface area contributed by atoms with E-state index in [0.717, 1.165) is 16.8 Å². The summed E-state index contributed by atoms with van der Waals surface area (Å²) in [5.41, 5.74) is 0.837. The number of carbonyl (C=O) groups excluding carboxylic acids is 1. The summed E-state index contributed by atoms with van der Waals surface area (Å²) in [6.07, 6.45) is 2.90. The van der Waals surface area contributed by atoms with E-state index in [1.165, 1.54) is 25.5 Å². The minimum Gasteiger partial charge on any atom is -0.497 e. The Hall–Kier alpha value is -3.24. The summed E-state index contributed by atoms with van der Waals surface area (Å²) < 4.78 is 10.7. The highest BCUT2D eigenvalue weighted by molar-refractivity contribution is 8.26. The molecule has 1 aliphatic heterocycles. The number of hydrogen-bond acceptors (Lipinski definition) is 8. The predicted molar refractivity (Wildman–Crippen MR) is 115 cm³/mol. The molecule has 0 aliphatic carbocycles. The van der Waals surface area contributed by atoms with Gasteiger partial charge in [0.25, 0.3) is 11.6 Å². The maximum absolute atomic E-state index is 12.7. The minimum atomic E-state index is -0.512. The van der Waals surface area contributed by atoms with Gasteiger partial charge in [0, 0.05) is 17.7 Å². The van der Waals surface area contributed by atoms with Gasteiger partial charge >= 0.3 is 0 Å². The zero-order chi connectivity index (χ0) is 21.0. The number of para-hydroxylation sites is 1. The van der Waals surface area contributed by atoms with E-state index in [0.29, 0.717) is 22.0 Å². The first-order valence-electron chi connectivity index (χ1n) is 8.22. The van der Waals surface area contributed by atoms with E-state index < -0.39 is 10.8 Å². The van der Waals surface area contributed by atoms with Crippen LogP contribution < -0.4 is 9.47 Å². The Balaban J connectivity index is 1.87. The number of nitro groups is 1. The van der Waals surface area contributed by atoms with Crippen molar-refractivity contribution in [2.45, 2.75) is 0 Å². The van der Waals surface area contributed by atoms with Gasteiger partial charge in [-0.25, -0.2) is 0 Å². The van der Waals surface area contributed by atoms with Gasteiger partial charge < -0.3 is 9.47 Å². The number of benzene rings is 2. The molecule has 0 saturated carbocycles. The molecule has 1 amide bonds. The van der Waals surface area contributed by atoms with Crippen molar-refractivity contribution in [1.29, 1.82) is 0 Å². The molecule has 0 spiro atoms. The summed E-state index contributed by atoms with van der Waals surface area (Å²) in [5, 5.41) is 16.2. The number of nitrogens with zero attached hydrogens (tertiary/aromatic N) is 3. The quantitative estimate of drug-likeness (QED) is 0.226. The smallest absolute Gasteiger partial charge is 0.286 e. The SMILES string of the molecule is COc1ccc(/C=C2/SC(=S)N(/N=C/c3ccccc3[N+](=O)[O-])C2=O)c(OC)c1. The van der Waals surface area contributed by atoms with Crippen molar-refractivity contribution in [1.82, 2.24) is 5.01 Å². The molecule has 0 aromatic heterocycles. The lowest BCUT2D eigenvalue weighted by molar-refractivity contribution is -0.385. The average molecular weight is 429 g/mol. The summed E-state index contributed by atoms with van der Waals surface area (Å²) in [7, 11) is 3.07. The van der Waals surface area contributed by atoms with Crippen molar-refractivity contribution in [2.24, 2.45) is 5.10 Å². The number of hydrogen-bond donors (Lipinski definition) is 0. The summed E-state index contributed by atoms with van der Waals surface area (Å²) in [4.78, 5) is 23.7. The lowest BCUT2D eigenvalue weighted by Gasteiger charge is -2.08. The molecule has 2 aromatic rings. The molecule has 1 fully saturated rings. The van der Waals surface area contributed by atoms with E-state index in [9.17, 15) is 14.9 Å². The van der Waals surface area contributed by atoms with E-state index in [2.05, 4.69) is 5.10 Å². The first-order valence-corrected chi connectivity index (χ1v) is 9.44. The maximum atomic E-state index is 12.7. The second-order valence-corrected chi connectivity index (χ2v) is 7.34. The monoisotopic (exact) mass is 429 g/mol. The van der Waals surface area contributed by atoms with Crippen LogP contribution in [-0.2, 0) is 4.79 Å². The van der Waals surface area contributed by atoms with Crippen molar-refractivity contribution in [3.8, 4) is 11.5 Å². The third kappa shape index (κ3) is 4.44. The Morgan fingerprint density at radius 3 is 2.62 bits per heavy atom. The van der Waals surface area contributed by atoms with Gasteiger partial charge in [-0.3, -0.25) is 14.9 Å². The van der Waals surface area contributed by atoms with Crippen LogP contribution in [0.15, 0.2) is 52.5 Å². The van der Waals surface area contributed by atoms with E-state index >= 15 is 0 Å². The van der Waals surface area contributed by atoms with Gasteiger partial charge in [0.05, 0.1) is 35.8 Å². The number of rotatable bonds is 6. The van der Waals surface area contributed by atoms with E-state index in [1.54, 1.807) is 43.5 Å². The Morgan fingerprint density at radius 2 is 1.93 bits per heavy atom. The fourth-order valence-corrected chi connectivity index (χ4v) is 3.68. The fraction of sp³-hybridized carbons (Fsp3) is 0.105. The van der Waals surface area contributed by atoms with Crippen LogP contribution in [0.2, 0.25) is 0 Å². The first kappa shape index (κ1) is 20.5. The van der Waals surface area contributed by atoms with Crippen LogP contribution in [0.3, 0.4) is 0 Å². The van der Waals surface area contributed by atoms with Crippen LogP contribution in [0.5, 0.6) is 11.5 Å². The largest absolute Gasteiger partial charge is 0.497 e. The van der Waals surface area contributed by atoms with Crippen LogP contribution in [0.25, 0.3) is 6.08 Å². The standard InChI is InChI=1S/C19H15N3O5S2/c1-26-14-8-7-12(16(10-14)27-2)9-17-18(23)21(19(28)29-17)20-11-13-5-3-4-6-15(13)22(24)25/h3-11H,1-2H3/b17-9+,20-11+. The topological polar surface area (TPSA) is 94.3 Å². The average Bonchev–Trinajstić information content (AvgIpc) is 2.99. The summed E-state index contributed by atoms with van der Waals surface area (Å²) in [6, 6.07) is 11.3. The molecule has 1 heterocycles. The van der Waals surface area contributed by atoms with Crippen LogP contribution in [-0.4, -0.2) is 40.6 Å². The number of hydrazone groups is 1. The van der Waals surface area contributed by atoms with Gasteiger partial charge in [-0.2, -0.15) is 10.1 Å². The Labute approximate surface area is 175 Å². The molecule has 8 nitrogen and oxygen atoms in total. The summed E-state index contributed by atoms with van der Waals surface area (Å²) in [5.74, 6) is 0.742. The van der Waals surface area contributed by atoms with Crippen molar-refractivity contribution >= 4 is 52.2 Å². The zero-order valence-electron chi connectivity index (χ0n) is 15.4. The second-order valence-electron chi connectivity index (χ2n) is 5.66. The van der Waals surface area contributed by atoms with Crippen LogP contribution >= 0.6 is 24.0 Å². The van der Waals surface area contributed by atoms with Crippen LogP contribution in [0.1, 0.15) is 11.1 Å². The van der Waals surface area contributed by atoms with Crippen LogP contribution in [0.4, 0.5) is 5.69 Å². The molecule has 1 aliphatic rings. The number of thiocarbonyl (C=S) groups is 1. The van der Waals surface area contributed by atoms with Crippen molar-refractivity contribution in [3.05, 3.63) is 68.6 Å². The number of thioether (sulfide) groups is 1. The van der Waals surface area contributed by atoms with E-state index in [4.69, 9.17) is 21.7 Å². The minimum absolute atomic E-state index is 0.111. The molecular formula is C19H15N3O5S2. The van der Waals surface area contributed by atoms with Gasteiger partial charge in [-0.05, 0) is 36.5 Å². The molecule has 0 bridgehead atoms. The highest BCUT2D eigenvalue weighted by Gasteiger charge is 2.32.